The molecule has 0 aliphatic heterocycles. The number of hydrogen-bond acceptors (Lipinski definition) is 2. The number of benzene rings is 2. The van der Waals surface area contributed by atoms with Gasteiger partial charge in [0.05, 0.1) is 12.1 Å². The van der Waals surface area contributed by atoms with Crippen LogP contribution >= 0.6 is 0 Å². The van der Waals surface area contributed by atoms with E-state index in [1.807, 2.05) is 19.2 Å². The van der Waals surface area contributed by atoms with Crippen LogP contribution in [0, 0.1) is 6.92 Å². The molecule has 3 aromatic rings. The second kappa shape index (κ2) is 5.92. The molecule has 0 spiro atoms. The first-order chi connectivity index (χ1) is 10.3. The molecule has 0 saturated carbocycles. The predicted molar refractivity (Wildman–Crippen MR) is 88.0 cm³/mol. The Morgan fingerprint density at radius 3 is 2.86 bits per heavy atom. The fourth-order valence-electron chi connectivity index (χ4n) is 2.58. The molecule has 0 bridgehead atoms. The van der Waals surface area contributed by atoms with Crippen molar-refractivity contribution in [3.63, 3.8) is 0 Å². The molecule has 0 unspecified atom stereocenters. The van der Waals surface area contributed by atoms with Crippen molar-refractivity contribution in [3.05, 3.63) is 59.8 Å². The standard InChI is InChI=1S/C18H20N2O/c1-3-21-16-7-8-17(13(2)11-16)20-12-15-6-4-5-14-9-10-19-18(14)15/h4-11,19-20H,3,12H2,1-2H3. The number of aromatic nitrogens is 1. The quantitative estimate of drug-likeness (QED) is 0.722. The lowest BCUT2D eigenvalue weighted by molar-refractivity contribution is 0.340. The summed E-state index contributed by atoms with van der Waals surface area (Å²) in [5.41, 5.74) is 4.81. The number of anilines is 1. The lowest BCUT2D eigenvalue weighted by Gasteiger charge is -2.12. The van der Waals surface area contributed by atoms with Gasteiger partial charge in [0.15, 0.2) is 0 Å². The molecular weight excluding hydrogens is 260 g/mol. The zero-order valence-electron chi connectivity index (χ0n) is 12.4. The van der Waals surface area contributed by atoms with Crippen LogP contribution < -0.4 is 10.1 Å². The molecule has 108 valence electrons. The highest BCUT2D eigenvalue weighted by Gasteiger charge is 2.04. The Morgan fingerprint density at radius 1 is 1.14 bits per heavy atom. The van der Waals surface area contributed by atoms with E-state index in [0.717, 1.165) is 18.0 Å². The molecule has 0 saturated heterocycles. The molecular formula is C18H20N2O. The first-order valence-corrected chi connectivity index (χ1v) is 7.30. The number of aromatic amines is 1. The van der Waals surface area contributed by atoms with Crippen molar-refractivity contribution >= 4 is 16.6 Å². The van der Waals surface area contributed by atoms with E-state index in [2.05, 4.69) is 53.6 Å². The van der Waals surface area contributed by atoms with Crippen molar-refractivity contribution in [1.82, 2.24) is 4.98 Å². The van der Waals surface area contributed by atoms with Gasteiger partial charge >= 0.3 is 0 Å². The topological polar surface area (TPSA) is 37.0 Å². The summed E-state index contributed by atoms with van der Waals surface area (Å²) in [6, 6.07) is 14.6. The Balaban J connectivity index is 1.77. The van der Waals surface area contributed by atoms with E-state index in [0.29, 0.717) is 6.61 Å². The molecule has 0 radical (unpaired) electrons. The van der Waals surface area contributed by atoms with E-state index >= 15 is 0 Å². The summed E-state index contributed by atoms with van der Waals surface area (Å²) in [6.07, 6.45) is 1.98. The first kappa shape index (κ1) is 13.6. The summed E-state index contributed by atoms with van der Waals surface area (Å²) in [5, 5.41) is 4.75. The largest absolute Gasteiger partial charge is 0.494 e. The second-order valence-corrected chi connectivity index (χ2v) is 5.12. The van der Waals surface area contributed by atoms with Crippen molar-refractivity contribution in [1.29, 1.82) is 0 Å². The van der Waals surface area contributed by atoms with Gasteiger partial charge < -0.3 is 15.0 Å². The Kier molecular flexibility index (Phi) is 3.82. The number of fused-ring (bicyclic) bond motifs is 1. The average Bonchev–Trinajstić information content (AvgIpc) is 2.96. The van der Waals surface area contributed by atoms with Crippen LogP contribution in [0.25, 0.3) is 10.9 Å². The van der Waals surface area contributed by atoms with Gasteiger partial charge in [-0.3, -0.25) is 0 Å². The third-order valence-corrected chi connectivity index (χ3v) is 3.65. The minimum Gasteiger partial charge on any atom is -0.494 e. The van der Waals surface area contributed by atoms with Crippen LogP contribution in [0.4, 0.5) is 5.69 Å². The van der Waals surface area contributed by atoms with Crippen LogP contribution in [0.1, 0.15) is 18.1 Å². The summed E-state index contributed by atoms with van der Waals surface area (Å²) in [6.45, 7) is 5.59. The number of para-hydroxylation sites is 1. The monoisotopic (exact) mass is 280 g/mol. The second-order valence-electron chi connectivity index (χ2n) is 5.12. The summed E-state index contributed by atoms with van der Waals surface area (Å²) >= 11 is 0. The normalized spacial score (nSPS) is 10.8. The molecule has 0 aliphatic rings. The lowest BCUT2D eigenvalue weighted by atomic mass is 10.1. The fraction of sp³-hybridized carbons (Fsp3) is 0.222. The minimum atomic E-state index is 0.695. The molecule has 3 nitrogen and oxygen atoms in total. The van der Waals surface area contributed by atoms with Gasteiger partial charge in [0.2, 0.25) is 0 Å². The van der Waals surface area contributed by atoms with Gasteiger partial charge in [0.1, 0.15) is 5.75 Å². The molecule has 2 N–H and O–H groups in total. The van der Waals surface area contributed by atoms with Crippen molar-refractivity contribution in [3.8, 4) is 5.75 Å². The maximum atomic E-state index is 5.52. The molecule has 0 atom stereocenters. The van der Waals surface area contributed by atoms with E-state index in [-0.39, 0.29) is 0 Å². The molecule has 3 rings (SSSR count). The van der Waals surface area contributed by atoms with E-state index in [4.69, 9.17) is 4.74 Å². The highest BCUT2D eigenvalue weighted by atomic mass is 16.5. The number of nitrogens with one attached hydrogen (secondary N) is 2. The van der Waals surface area contributed by atoms with Crippen molar-refractivity contribution in [2.45, 2.75) is 20.4 Å². The molecule has 0 fully saturated rings. The molecule has 21 heavy (non-hydrogen) atoms. The molecule has 1 aromatic heterocycles. The fourth-order valence-corrected chi connectivity index (χ4v) is 2.58. The van der Waals surface area contributed by atoms with E-state index in [1.54, 1.807) is 0 Å². The van der Waals surface area contributed by atoms with E-state index in [1.165, 1.54) is 22.0 Å². The predicted octanol–water partition coefficient (Wildman–Crippen LogP) is 4.49. The minimum absolute atomic E-state index is 0.695. The van der Waals surface area contributed by atoms with Crippen molar-refractivity contribution in [2.75, 3.05) is 11.9 Å². The number of ether oxygens (including phenoxy) is 1. The summed E-state index contributed by atoms with van der Waals surface area (Å²) in [4.78, 5) is 3.30. The zero-order valence-corrected chi connectivity index (χ0v) is 12.4. The molecule has 2 aromatic carbocycles. The number of hydrogen-bond donors (Lipinski definition) is 2. The third kappa shape index (κ3) is 2.87. The van der Waals surface area contributed by atoms with Gasteiger partial charge in [-0.15, -0.1) is 0 Å². The van der Waals surface area contributed by atoms with Gasteiger partial charge in [-0.05, 0) is 54.6 Å². The Hall–Kier alpha value is -2.42. The third-order valence-electron chi connectivity index (χ3n) is 3.65. The first-order valence-electron chi connectivity index (χ1n) is 7.30. The molecule has 0 aliphatic carbocycles. The van der Waals surface area contributed by atoms with Crippen molar-refractivity contribution in [2.24, 2.45) is 0 Å². The zero-order chi connectivity index (χ0) is 14.7. The van der Waals surface area contributed by atoms with Gasteiger partial charge in [-0.25, -0.2) is 0 Å². The number of H-pyrrole nitrogens is 1. The van der Waals surface area contributed by atoms with Gasteiger partial charge in [-0.1, -0.05) is 18.2 Å². The summed E-state index contributed by atoms with van der Waals surface area (Å²) in [7, 11) is 0. The van der Waals surface area contributed by atoms with Crippen LogP contribution in [0.15, 0.2) is 48.7 Å². The highest BCUT2D eigenvalue weighted by molar-refractivity contribution is 5.82. The van der Waals surface area contributed by atoms with Gasteiger partial charge in [0, 0.05) is 18.4 Å². The Labute approximate surface area is 125 Å². The summed E-state index contributed by atoms with van der Waals surface area (Å²) < 4.78 is 5.52. The summed E-state index contributed by atoms with van der Waals surface area (Å²) in [5.74, 6) is 0.923. The average molecular weight is 280 g/mol. The van der Waals surface area contributed by atoms with Crippen LogP contribution in [-0.4, -0.2) is 11.6 Å². The van der Waals surface area contributed by atoms with E-state index < -0.39 is 0 Å². The van der Waals surface area contributed by atoms with Crippen LogP contribution in [0.3, 0.4) is 0 Å². The van der Waals surface area contributed by atoms with Crippen LogP contribution in [0.5, 0.6) is 5.75 Å². The van der Waals surface area contributed by atoms with Gasteiger partial charge in [-0.2, -0.15) is 0 Å². The number of rotatable bonds is 5. The van der Waals surface area contributed by atoms with E-state index in [9.17, 15) is 0 Å². The smallest absolute Gasteiger partial charge is 0.119 e. The van der Waals surface area contributed by atoms with Crippen molar-refractivity contribution < 1.29 is 4.74 Å². The number of aryl methyl sites for hydroxylation is 1. The lowest BCUT2D eigenvalue weighted by Crippen LogP contribution is -2.02. The van der Waals surface area contributed by atoms with Gasteiger partial charge in [0.25, 0.3) is 0 Å². The highest BCUT2D eigenvalue weighted by Crippen LogP contribution is 2.23. The molecule has 3 heteroatoms. The van der Waals surface area contributed by atoms with Crippen LogP contribution in [-0.2, 0) is 6.54 Å². The SMILES string of the molecule is CCOc1ccc(NCc2cccc3cc[nH]c23)c(C)c1. The Bertz CT molecular complexity index is 746. The maximum Gasteiger partial charge on any atom is 0.119 e. The Morgan fingerprint density at radius 2 is 2.05 bits per heavy atom. The molecule has 0 amide bonds. The molecule has 1 heterocycles. The maximum absolute atomic E-state index is 5.52. The van der Waals surface area contributed by atoms with Crippen LogP contribution in [0.2, 0.25) is 0 Å².